The van der Waals surface area contributed by atoms with E-state index in [1.807, 2.05) is 18.4 Å². The van der Waals surface area contributed by atoms with Gasteiger partial charge in [-0.05, 0) is 79.7 Å². The van der Waals surface area contributed by atoms with Crippen molar-refractivity contribution in [3.8, 4) is 28.4 Å². The summed E-state index contributed by atoms with van der Waals surface area (Å²) >= 11 is 1.44. The number of ether oxygens (including phenoxy) is 3. The van der Waals surface area contributed by atoms with Gasteiger partial charge in [-0.1, -0.05) is 6.07 Å². The number of hydrogen-bond donors (Lipinski definition) is 1. The summed E-state index contributed by atoms with van der Waals surface area (Å²) in [6.45, 7) is 0. The second kappa shape index (κ2) is 8.90. The van der Waals surface area contributed by atoms with Crippen LogP contribution in [0.4, 0.5) is 0 Å². The second-order valence-electron chi connectivity index (χ2n) is 7.92. The van der Waals surface area contributed by atoms with E-state index in [9.17, 15) is 4.79 Å². The molecule has 2 aromatic carbocycles. The first-order chi connectivity index (χ1) is 14.6. The Morgan fingerprint density at radius 2 is 1.77 bits per heavy atom. The van der Waals surface area contributed by atoms with Crippen LogP contribution in [0.3, 0.4) is 0 Å². The van der Waals surface area contributed by atoms with Crippen LogP contribution in [0.1, 0.15) is 49.3 Å². The predicted molar refractivity (Wildman–Crippen MR) is 121 cm³/mol. The molecule has 2 aromatic rings. The predicted octanol–water partition coefficient (Wildman–Crippen LogP) is 4.72. The third kappa shape index (κ3) is 3.79. The standard InChI is InChI=1S/C24H29NO4S/c1-27-23-20(29-15-6-4-5-7-15)12-14-8-10-18(25)17-13-19(26)21(30-3)11-9-16(17)22(14)24(23)28-2/h9,11-13,15,18H,4-8,10,25H2,1-3H3/t18-/m0/s1. The molecule has 2 aliphatic carbocycles. The fraction of sp³-hybridized carbons (Fsp3) is 0.458. The first kappa shape index (κ1) is 21.1. The largest absolute Gasteiger partial charge is 0.492 e. The second-order valence-corrected chi connectivity index (χ2v) is 8.77. The first-order valence-electron chi connectivity index (χ1n) is 10.5. The molecule has 6 heteroatoms. The SMILES string of the molecule is COc1c(OC2CCCC2)cc2c(c1OC)-c1ccc(SC)c(=O)cc1[C@@H](N)CC2. The van der Waals surface area contributed by atoms with Crippen molar-refractivity contribution >= 4 is 11.8 Å². The molecule has 5 nitrogen and oxygen atoms in total. The zero-order valence-electron chi connectivity index (χ0n) is 17.8. The van der Waals surface area contributed by atoms with Crippen LogP contribution in [0.25, 0.3) is 11.1 Å². The maximum atomic E-state index is 12.7. The van der Waals surface area contributed by atoms with Crippen LogP contribution >= 0.6 is 11.8 Å². The van der Waals surface area contributed by atoms with Crippen molar-refractivity contribution in [1.29, 1.82) is 0 Å². The minimum atomic E-state index is -0.225. The zero-order valence-corrected chi connectivity index (χ0v) is 18.6. The van der Waals surface area contributed by atoms with Crippen molar-refractivity contribution in [2.75, 3.05) is 20.5 Å². The van der Waals surface area contributed by atoms with Gasteiger partial charge in [0, 0.05) is 11.6 Å². The summed E-state index contributed by atoms with van der Waals surface area (Å²) in [5, 5.41) is 0. The van der Waals surface area contributed by atoms with Gasteiger partial charge < -0.3 is 19.9 Å². The van der Waals surface area contributed by atoms with Gasteiger partial charge in [-0.15, -0.1) is 11.8 Å². The lowest BCUT2D eigenvalue weighted by atomic mass is 9.95. The van der Waals surface area contributed by atoms with Gasteiger partial charge in [-0.25, -0.2) is 0 Å². The Hall–Kier alpha value is -2.18. The van der Waals surface area contributed by atoms with Crippen molar-refractivity contribution in [3.05, 3.63) is 45.6 Å². The molecule has 1 saturated carbocycles. The lowest BCUT2D eigenvalue weighted by Crippen LogP contribution is -2.12. The molecule has 0 aromatic heterocycles. The molecule has 0 amide bonds. The Bertz CT molecular complexity index is 1000. The van der Waals surface area contributed by atoms with Crippen LogP contribution in [0.2, 0.25) is 0 Å². The van der Waals surface area contributed by atoms with E-state index < -0.39 is 0 Å². The van der Waals surface area contributed by atoms with Crippen LogP contribution < -0.4 is 25.4 Å². The summed E-state index contributed by atoms with van der Waals surface area (Å²) in [6, 6.07) is 7.42. The quantitative estimate of drug-likeness (QED) is 0.696. The van der Waals surface area contributed by atoms with Crippen LogP contribution in [-0.2, 0) is 6.42 Å². The molecule has 1 fully saturated rings. The number of methoxy groups -OCH3 is 2. The maximum Gasteiger partial charge on any atom is 0.203 e. The van der Waals surface area contributed by atoms with Crippen molar-refractivity contribution in [1.82, 2.24) is 0 Å². The summed E-state index contributed by atoms with van der Waals surface area (Å²) in [5.41, 5.74) is 10.4. The molecule has 0 unspecified atom stereocenters. The Morgan fingerprint density at radius 1 is 1.03 bits per heavy atom. The van der Waals surface area contributed by atoms with Crippen molar-refractivity contribution < 1.29 is 14.2 Å². The van der Waals surface area contributed by atoms with Gasteiger partial charge in [0.2, 0.25) is 5.75 Å². The topological polar surface area (TPSA) is 70.8 Å². The number of nitrogens with two attached hydrogens (primary N) is 1. The van der Waals surface area contributed by atoms with Gasteiger partial charge in [0.25, 0.3) is 0 Å². The van der Waals surface area contributed by atoms with Crippen LogP contribution in [-0.4, -0.2) is 26.6 Å². The highest BCUT2D eigenvalue weighted by Gasteiger charge is 2.29. The molecule has 4 rings (SSSR count). The molecule has 160 valence electrons. The summed E-state index contributed by atoms with van der Waals surface area (Å²) in [7, 11) is 3.29. The number of benzene rings is 1. The van der Waals surface area contributed by atoms with E-state index >= 15 is 0 Å². The molecule has 0 spiro atoms. The third-order valence-electron chi connectivity index (χ3n) is 6.14. The molecule has 0 bridgehead atoms. The van der Waals surface area contributed by atoms with Crippen molar-refractivity contribution in [2.24, 2.45) is 5.73 Å². The van der Waals surface area contributed by atoms with E-state index in [0.29, 0.717) is 16.4 Å². The minimum Gasteiger partial charge on any atom is -0.492 e. The summed E-state index contributed by atoms with van der Waals surface area (Å²) < 4.78 is 18.0. The average Bonchev–Trinajstić information content (AvgIpc) is 3.15. The van der Waals surface area contributed by atoms with Gasteiger partial charge in [0.15, 0.2) is 16.9 Å². The fourth-order valence-electron chi connectivity index (χ4n) is 4.62. The fourth-order valence-corrected chi connectivity index (χ4v) is 5.08. The molecule has 0 radical (unpaired) electrons. The molecule has 2 aliphatic rings. The Morgan fingerprint density at radius 3 is 2.43 bits per heavy atom. The summed E-state index contributed by atoms with van der Waals surface area (Å²) in [5.74, 6) is 1.97. The van der Waals surface area contributed by atoms with E-state index in [0.717, 1.165) is 53.7 Å². The van der Waals surface area contributed by atoms with Gasteiger partial charge >= 0.3 is 0 Å². The molecule has 30 heavy (non-hydrogen) atoms. The van der Waals surface area contributed by atoms with E-state index in [1.54, 1.807) is 20.3 Å². The third-order valence-corrected chi connectivity index (χ3v) is 6.92. The van der Waals surface area contributed by atoms with Crippen molar-refractivity contribution in [3.63, 3.8) is 0 Å². The maximum absolute atomic E-state index is 12.7. The summed E-state index contributed by atoms with van der Waals surface area (Å²) in [4.78, 5) is 13.4. The molecule has 1 atom stereocenters. The van der Waals surface area contributed by atoms with Crippen molar-refractivity contribution in [2.45, 2.75) is 55.6 Å². The number of fused-ring (bicyclic) bond motifs is 3. The Labute approximate surface area is 181 Å². The van der Waals surface area contributed by atoms with E-state index in [-0.39, 0.29) is 17.6 Å². The average molecular weight is 428 g/mol. The highest BCUT2D eigenvalue weighted by atomic mass is 32.2. The Balaban J connectivity index is 1.95. The number of aryl methyl sites for hydroxylation is 1. The smallest absolute Gasteiger partial charge is 0.203 e. The molecular weight excluding hydrogens is 398 g/mol. The molecule has 2 N–H and O–H groups in total. The van der Waals surface area contributed by atoms with Crippen LogP contribution in [0, 0.1) is 0 Å². The van der Waals surface area contributed by atoms with Gasteiger partial charge in [-0.3, -0.25) is 4.79 Å². The molecule has 0 saturated heterocycles. The number of thioether (sulfide) groups is 1. The highest BCUT2D eigenvalue weighted by molar-refractivity contribution is 7.98. The van der Waals surface area contributed by atoms with E-state index in [4.69, 9.17) is 19.9 Å². The Kier molecular flexibility index (Phi) is 6.25. The van der Waals surface area contributed by atoms with Crippen LogP contribution in [0.15, 0.2) is 34.0 Å². The normalized spacial score (nSPS) is 18.3. The monoisotopic (exact) mass is 427 g/mol. The summed E-state index contributed by atoms with van der Waals surface area (Å²) in [6.07, 6.45) is 8.17. The lowest BCUT2D eigenvalue weighted by molar-refractivity contribution is 0.198. The number of hydrogen-bond acceptors (Lipinski definition) is 6. The van der Waals surface area contributed by atoms with Gasteiger partial charge in [-0.2, -0.15) is 0 Å². The van der Waals surface area contributed by atoms with Gasteiger partial charge in [0.1, 0.15) is 0 Å². The molecular formula is C24H29NO4S. The van der Waals surface area contributed by atoms with E-state index in [1.165, 1.54) is 24.6 Å². The molecule has 0 heterocycles. The molecule has 0 aliphatic heterocycles. The lowest BCUT2D eigenvalue weighted by Gasteiger charge is -2.22. The first-order valence-corrected chi connectivity index (χ1v) is 11.7. The number of rotatable bonds is 5. The minimum absolute atomic E-state index is 0.00484. The van der Waals surface area contributed by atoms with Crippen LogP contribution in [0.5, 0.6) is 17.2 Å². The zero-order chi connectivity index (χ0) is 21.3. The highest BCUT2D eigenvalue weighted by Crippen LogP contribution is 2.50. The van der Waals surface area contributed by atoms with E-state index in [2.05, 4.69) is 6.07 Å². The van der Waals surface area contributed by atoms with Gasteiger partial charge in [0.05, 0.1) is 25.2 Å².